The molecule has 1 aliphatic heterocycles. The van der Waals surface area contributed by atoms with E-state index in [9.17, 15) is 8.42 Å². The molecule has 0 amide bonds. The smallest absolute Gasteiger partial charge is 0.253 e. The zero-order valence-corrected chi connectivity index (χ0v) is 28.7. The summed E-state index contributed by atoms with van der Waals surface area (Å²) in [5, 5.41) is 6.95. The molecule has 1 aromatic carbocycles. The highest BCUT2D eigenvalue weighted by atomic mass is 35.5. The van der Waals surface area contributed by atoms with Crippen LogP contribution in [0.4, 0.5) is 15.7 Å². The van der Waals surface area contributed by atoms with Crippen LogP contribution in [0.3, 0.4) is 0 Å². The summed E-state index contributed by atoms with van der Waals surface area (Å²) in [5.41, 5.74) is 2.77. The Labute approximate surface area is 270 Å². The largest absolute Gasteiger partial charge is 0.496 e. The quantitative estimate of drug-likeness (QED) is 0.169. The van der Waals surface area contributed by atoms with Gasteiger partial charge in [0.15, 0.2) is 5.84 Å². The molecule has 0 saturated carbocycles. The molecule has 13 heteroatoms. The second kappa shape index (κ2) is 15.2. The van der Waals surface area contributed by atoms with Crippen molar-refractivity contribution in [2.24, 2.45) is 15.0 Å². The third-order valence-corrected chi connectivity index (χ3v) is 10.3. The number of ether oxygens (including phenoxy) is 1. The molecule has 0 saturated heterocycles. The molecule has 3 heterocycles. The summed E-state index contributed by atoms with van der Waals surface area (Å²) in [6.45, 7) is 11.9. The number of halogens is 1. The molecule has 0 bridgehead atoms. The third-order valence-electron chi connectivity index (χ3n) is 7.39. The van der Waals surface area contributed by atoms with Gasteiger partial charge in [0.1, 0.15) is 16.5 Å². The molecule has 0 radical (unpaired) electrons. The molecule has 0 atom stereocenters. The number of anilines is 2. The highest BCUT2D eigenvalue weighted by Crippen LogP contribution is 2.34. The lowest BCUT2D eigenvalue weighted by Crippen LogP contribution is -2.20. The third kappa shape index (κ3) is 8.08. The van der Waals surface area contributed by atoms with Gasteiger partial charge >= 0.3 is 0 Å². The number of aromatic nitrogens is 2. The van der Waals surface area contributed by atoms with E-state index in [2.05, 4.69) is 35.5 Å². The minimum Gasteiger partial charge on any atom is -0.496 e. The molecule has 0 spiro atoms. The van der Waals surface area contributed by atoms with Crippen LogP contribution in [0.25, 0.3) is 0 Å². The fraction of sp³-hybridized carbons (Fsp3) is 0.484. The van der Waals surface area contributed by atoms with Crippen LogP contribution in [0.5, 0.6) is 5.75 Å². The van der Waals surface area contributed by atoms with Crippen molar-refractivity contribution in [3.05, 3.63) is 52.3 Å². The molecular weight excluding hydrogens is 618 g/mol. The number of benzene rings is 1. The lowest BCUT2D eigenvalue weighted by molar-refractivity contribution is 0.414. The molecule has 0 aliphatic carbocycles. The molecule has 1 aliphatic rings. The molecule has 238 valence electrons. The second-order valence-corrected chi connectivity index (χ2v) is 13.9. The lowest BCUT2D eigenvalue weighted by atomic mass is 10.1. The van der Waals surface area contributed by atoms with E-state index in [1.54, 1.807) is 41.3 Å². The van der Waals surface area contributed by atoms with Crippen molar-refractivity contribution in [2.75, 3.05) is 35.6 Å². The van der Waals surface area contributed by atoms with Crippen molar-refractivity contribution < 1.29 is 13.2 Å². The number of thiophene rings is 1. The van der Waals surface area contributed by atoms with E-state index < -0.39 is 10.0 Å². The number of rotatable bonds is 15. The normalized spacial score (nSPS) is 14.2. The van der Waals surface area contributed by atoms with Crippen LogP contribution in [-0.4, -0.2) is 61.7 Å². The summed E-state index contributed by atoms with van der Waals surface area (Å²) in [6, 6.07) is 9.13. The van der Waals surface area contributed by atoms with E-state index in [-0.39, 0.29) is 5.75 Å². The Morgan fingerprint density at radius 1 is 1.02 bits per heavy atom. The molecular formula is C31H42ClN7O3S2. The van der Waals surface area contributed by atoms with E-state index in [1.807, 2.05) is 26.0 Å². The number of unbranched alkanes of at least 4 members (excludes halogenated alkanes) is 5. The van der Waals surface area contributed by atoms with Crippen LogP contribution in [0, 0.1) is 13.8 Å². The standard InChI is InChI=1S/C31H42ClN7O3S2/c1-7-10-11-12-13-14-19-44(40,41)37-23-15-16-25(42-6)24(20-23)29-30(33-26-17-18-27(43-26)38(8-2)9-3)35-31(34-29)39-22(5)28(32)21(4)36-39/h15-18,20,37H,7-14,19H2,1-6H3/b33-30-. The number of aryl methyl sites for hydroxylation is 1. The average Bonchev–Trinajstić information content (AvgIpc) is 3.70. The fourth-order valence-electron chi connectivity index (χ4n) is 4.94. The van der Waals surface area contributed by atoms with Crippen molar-refractivity contribution in [1.29, 1.82) is 0 Å². The summed E-state index contributed by atoms with van der Waals surface area (Å²) in [4.78, 5) is 16.8. The fourth-order valence-corrected chi connectivity index (χ4v) is 7.24. The predicted molar refractivity (Wildman–Crippen MR) is 185 cm³/mol. The minimum absolute atomic E-state index is 0.0628. The highest BCUT2D eigenvalue weighted by Gasteiger charge is 2.27. The highest BCUT2D eigenvalue weighted by molar-refractivity contribution is 7.92. The number of sulfonamides is 1. The van der Waals surface area contributed by atoms with Crippen molar-refractivity contribution in [3.8, 4) is 5.75 Å². The Hall–Kier alpha value is -3.22. The maximum atomic E-state index is 13.0. The number of nitrogens with one attached hydrogen (secondary N) is 1. The van der Waals surface area contributed by atoms with Crippen LogP contribution in [0.2, 0.25) is 5.02 Å². The first-order valence-corrected chi connectivity index (χ1v) is 18.0. The van der Waals surface area contributed by atoms with Crippen LogP contribution in [-0.2, 0) is 10.0 Å². The van der Waals surface area contributed by atoms with Crippen molar-refractivity contribution in [1.82, 2.24) is 9.78 Å². The van der Waals surface area contributed by atoms with Gasteiger partial charge in [-0.25, -0.2) is 23.1 Å². The van der Waals surface area contributed by atoms with Gasteiger partial charge in [-0.3, -0.25) is 4.72 Å². The minimum atomic E-state index is -3.54. The first-order chi connectivity index (χ1) is 21.1. The van der Waals surface area contributed by atoms with Crippen molar-refractivity contribution in [2.45, 2.75) is 73.1 Å². The second-order valence-electron chi connectivity index (χ2n) is 10.6. The van der Waals surface area contributed by atoms with Gasteiger partial charge in [0, 0.05) is 24.3 Å². The first kappa shape index (κ1) is 33.7. The number of nitrogens with zero attached hydrogens (tertiary/aromatic N) is 6. The van der Waals surface area contributed by atoms with Gasteiger partial charge in [-0.05, 0) is 64.4 Å². The summed E-state index contributed by atoms with van der Waals surface area (Å²) in [7, 11) is -1.98. The molecule has 2 aromatic heterocycles. The van der Waals surface area contributed by atoms with Gasteiger partial charge in [-0.1, -0.05) is 62.0 Å². The molecule has 44 heavy (non-hydrogen) atoms. The Morgan fingerprint density at radius 2 is 1.75 bits per heavy atom. The predicted octanol–water partition coefficient (Wildman–Crippen LogP) is 7.61. The Balaban J connectivity index is 1.70. The number of hydrogen-bond acceptors (Lipinski definition) is 8. The van der Waals surface area contributed by atoms with E-state index in [0.29, 0.717) is 57.3 Å². The SMILES string of the molecule is CCCCCCCCS(=O)(=O)Nc1ccc(OC)c(C2=NC(n3nc(C)c(Cl)c3C)=N/C2=N\c2ccc(N(CC)CC)s2)c1. The Kier molecular flexibility index (Phi) is 11.6. The molecule has 4 rings (SSSR count). The summed E-state index contributed by atoms with van der Waals surface area (Å²) in [6.07, 6.45) is 6.01. The number of hydrogen-bond donors (Lipinski definition) is 1. The molecule has 0 fully saturated rings. The number of aliphatic imine (C=N–C) groups is 3. The van der Waals surface area contributed by atoms with E-state index >= 15 is 0 Å². The maximum Gasteiger partial charge on any atom is 0.253 e. The Morgan fingerprint density at radius 3 is 2.41 bits per heavy atom. The first-order valence-electron chi connectivity index (χ1n) is 15.1. The van der Waals surface area contributed by atoms with Gasteiger partial charge in [-0.2, -0.15) is 10.1 Å². The Bertz CT molecular complexity index is 1650. The van der Waals surface area contributed by atoms with Gasteiger partial charge in [0.05, 0.1) is 34.3 Å². The van der Waals surface area contributed by atoms with Crippen LogP contribution in [0.15, 0.2) is 45.3 Å². The zero-order chi connectivity index (χ0) is 31.9. The number of methoxy groups -OCH3 is 1. The van der Waals surface area contributed by atoms with Gasteiger partial charge < -0.3 is 9.64 Å². The monoisotopic (exact) mass is 659 g/mol. The summed E-state index contributed by atoms with van der Waals surface area (Å²) in [5.74, 6) is 1.24. The van der Waals surface area contributed by atoms with Gasteiger partial charge in [0.2, 0.25) is 10.0 Å². The van der Waals surface area contributed by atoms with E-state index in [4.69, 9.17) is 31.3 Å². The maximum absolute atomic E-state index is 13.0. The van der Waals surface area contributed by atoms with E-state index in [1.165, 1.54) is 6.42 Å². The summed E-state index contributed by atoms with van der Waals surface area (Å²) < 4.78 is 35.9. The van der Waals surface area contributed by atoms with Gasteiger partial charge in [-0.15, -0.1) is 0 Å². The zero-order valence-electron chi connectivity index (χ0n) is 26.4. The molecule has 1 N–H and O–H groups in total. The van der Waals surface area contributed by atoms with Crippen LogP contribution < -0.4 is 14.4 Å². The average molecular weight is 660 g/mol. The lowest BCUT2D eigenvalue weighted by Gasteiger charge is -2.17. The van der Waals surface area contributed by atoms with Crippen molar-refractivity contribution >= 4 is 66.2 Å². The van der Waals surface area contributed by atoms with E-state index in [0.717, 1.165) is 48.8 Å². The van der Waals surface area contributed by atoms with Crippen LogP contribution >= 0.6 is 22.9 Å². The molecule has 3 aromatic rings. The van der Waals surface area contributed by atoms with Gasteiger partial charge in [0.25, 0.3) is 5.96 Å². The topological polar surface area (TPSA) is 114 Å². The number of amidine groups is 1. The molecule has 10 nitrogen and oxygen atoms in total. The molecule has 0 unspecified atom stereocenters. The summed E-state index contributed by atoms with van der Waals surface area (Å²) >= 11 is 8.01. The van der Waals surface area contributed by atoms with Crippen LogP contribution in [0.1, 0.15) is 76.2 Å². The van der Waals surface area contributed by atoms with Crippen molar-refractivity contribution in [3.63, 3.8) is 0 Å².